The first-order valence-corrected chi connectivity index (χ1v) is 6.84. The Labute approximate surface area is 113 Å². The van der Waals surface area contributed by atoms with Crippen LogP contribution in [0.1, 0.15) is 24.8 Å². The molecule has 0 aliphatic carbocycles. The summed E-state index contributed by atoms with van der Waals surface area (Å²) in [5, 5.41) is 3.30. The van der Waals surface area contributed by atoms with Crippen molar-refractivity contribution in [2.24, 2.45) is 5.92 Å². The highest BCUT2D eigenvalue weighted by Gasteiger charge is 2.19. The summed E-state index contributed by atoms with van der Waals surface area (Å²) in [6.45, 7) is 2.48. The molecular formula is C15H21FN2O. The highest BCUT2D eigenvalue weighted by molar-refractivity contribution is 5.76. The van der Waals surface area contributed by atoms with Gasteiger partial charge in [-0.1, -0.05) is 12.1 Å². The first kappa shape index (κ1) is 14.0. The molecule has 1 amide bonds. The molecule has 1 aliphatic heterocycles. The van der Waals surface area contributed by atoms with Crippen LogP contribution in [0.25, 0.3) is 0 Å². The maximum atomic E-state index is 13.1. The van der Waals surface area contributed by atoms with E-state index >= 15 is 0 Å². The van der Waals surface area contributed by atoms with Crippen molar-refractivity contribution < 1.29 is 9.18 Å². The van der Waals surface area contributed by atoms with E-state index in [0.29, 0.717) is 18.9 Å². The van der Waals surface area contributed by atoms with Crippen molar-refractivity contribution in [1.29, 1.82) is 0 Å². The van der Waals surface area contributed by atoms with E-state index in [1.54, 1.807) is 18.0 Å². The number of nitrogens with zero attached hydrogens (tertiary/aromatic N) is 1. The highest BCUT2D eigenvalue weighted by Crippen LogP contribution is 2.17. The standard InChI is InChI=1S/C15H21FN2O/c1-18(11-13-3-2-4-14(16)9-13)15(19)10-12-5-7-17-8-6-12/h2-4,9,12,17H,5-8,10-11H2,1H3. The quantitative estimate of drug-likeness (QED) is 0.904. The third kappa shape index (κ3) is 4.31. The molecule has 1 N–H and O–H groups in total. The Morgan fingerprint density at radius 1 is 1.42 bits per heavy atom. The van der Waals surface area contributed by atoms with Gasteiger partial charge in [-0.05, 0) is 49.5 Å². The molecule has 3 nitrogen and oxygen atoms in total. The second kappa shape index (κ2) is 6.66. The second-order valence-electron chi connectivity index (χ2n) is 5.28. The molecule has 0 saturated carbocycles. The van der Waals surface area contributed by atoms with Crippen molar-refractivity contribution in [3.8, 4) is 0 Å². The van der Waals surface area contributed by atoms with E-state index in [4.69, 9.17) is 0 Å². The number of amides is 1. The van der Waals surface area contributed by atoms with Gasteiger partial charge in [0.15, 0.2) is 0 Å². The van der Waals surface area contributed by atoms with Gasteiger partial charge in [-0.15, -0.1) is 0 Å². The van der Waals surface area contributed by atoms with E-state index in [1.165, 1.54) is 12.1 Å². The summed E-state index contributed by atoms with van der Waals surface area (Å²) in [7, 11) is 1.79. The monoisotopic (exact) mass is 264 g/mol. The number of carbonyl (C=O) groups excluding carboxylic acids is 1. The molecule has 1 heterocycles. The molecule has 104 valence electrons. The minimum absolute atomic E-state index is 0.149. The average Bonchev–Trinajstić information content (AvgIpc) is 2.40. The largest absolute Gasteiger partial charge is 0.341 e. The van der Waals surface area contributed by atoms with Gasteiger partial charge < -0.3 is 10.2 Å². The molecule has 19 heavy (non-hydrogen) atoms. The van der Waals surface area contributed by atoms with E-state index in [2.05, 4.69) is 5.32 Å². The van der Waals surface area contributed by atoms with Crippen molar-refractivity contribution in [3.05, 3.63) is 35.6 Å². The van der Waals surface area contributed by atoms with Crippen LogP contribution in [0.3, 0.4) is 0 Å². The lowest BCUT2D eigenvalue weighted by atomic mass is 9.94. The van der Waals surface area contributed by atoms with E-state index in [-0.39, 0.29) is 11.7 Å². The lowest BCUT2D eigenvalue weighted by molar-refractivity contribution is -0.131. The molecule has 4 heteroatoms. The molecule has 1 aliphatic rings. The molecule has 1 aromatic rings. The van der Waals surface area contributed by atoms with E-state index in [0.717, 1.165) is 31.5 Å². The van der Waals surface area contributed by atoms with Crippen LogP contribution >= 0.6 is 0 Å². The highest BCUT2D eigenvalue weighted by atomic mass is 19.1. The van der Waals surface area contributed by atoms with Gasteiger partial charge in [0.05, 0.1) is 0 Å². The predicted octanol–water partition coefficient (Wildman–Crippen LogP) is 2.17. The Bertz CT molecular complexity index is 430. The molecule has 0 aromatic heterocycles. The summed E-state index contributed by atoms with van der Waals surface area (Å²) >= 11 is 0. The van der Waals surface area contributed by atoms with Crippen molar-refractivity contribution in [2.45, 2.75) is 25.8 Å². The molecular weight excluding hydrogens is 243 g/mol. The summed E-state index contributed by atoms with van der Waals surface area (Å²) in [4.78, 5) is 13.8. The fraction of sp³-hybridized carbons (Fsp3) is 0.533. The van der Waals surface area contributed by atoms with Crippen LogP contribution in [-0.2, 0) is 11.3 Å². The van der Waals surface area contributed by atoms with Gasteiger partial charge in [-0.3, -0.25) is 4.79 Å². The fourth-order valence-electron chi connectivity index (χ4n) is 2.49. The number of rotatable bonds is 4. The topological polar surface area (TPSA) is 32.3 Å². The summed E-state index contributed by atoms with van der Waals surface area (Å²) < 4.78 is 13.1. The number of benzene rings is 1. The number of halogens is 1. The van der Waals surface area contributed by atoms with Crippen molar-refractivity contribution >= 4 is 5.91 Å². The van der Waals surface area contributed by atoms with Crippen molar-refractivity contribution in [3.63, 3.8) is 0 Å². The molecule has 2 rings (SSSR count). The maximum Gasteiger partial charge on any atom is 0.222 e. The minimum Gasteiger partial charge on any atom is -0.341 e. The molecule has 0 unspecified atom stereocenters. The summed E-state index contributed by atoms with van der Waals surface area (Å²) in [5.41, 5.74) is 0.834. The lowest BCUT2D eigenvalue weighted by Crippen LogP contribution is -2.33. The number of piperidine rings is 1. The van der Waals surface area contributed by atoms with Gasteiger partial charge in [0.2, 0.25) is 5.91 Å². The third-order valence-electron chi connectivity index (χ3n) is 3.66. The SMILES string of the molecule is CN(Cc1cccc(F)c1)C(=O)CC1CCNCC1. The van der Waals surface area contributed by atoms with Crippen molar-refractivity contribution in [1.82, 2.24) is 10.2 Å². The fourth-order valence-corrected chi connectivity index (χ4v) is 2.49. The number of hydrogen-bond acceptors (Lipinski definition) is 2. The molecule has 0 spiro atoms. The van der Waals surface area contributed by atoms with Crippen LogP contribution in [0, 0.1) is 11.7 Å². The summed E-state index contributed by atoms with van der Waals surface area (Å²) in [5.74, 6) is 0.386. The second-order valence-corrected chi connectivity index (χ2v) is 5.28. The lowest BCUT2D eigenvalue weighted by Gasteiger charge is -2.25. The van der Waals surface area contributed by atoms with Gasteiger partial charge in [-0.25, -0.2) is 4.39 Å². The zero-order chi connectivity index (χ0) is 13.7. The molecule has 0 radical (unpaired) electrons. The van der Waals surface area contributed by atoms with E-state index in [9.17, 15) is 9.18 Å². The van der Waals surface area contributed by atoms with Gasteiger partial charge in [0.1, 0.15) is 5.82 Å². The first-order chi connectivity index (χ1) is 9.15. The minimum atomic E-state index is -0.253. The van der Waals surface area contributed by atoms with Gasteiger partial charge >= 0.3 is 0 Å². The van der Waals surface area contributed by atoms with Crippen LogP contribution in [0.15, 0.2) is 24.3 Å². The van der Waals surface area contributed by atoms with Gasteiger partial charge in [0, 0.05) is 20.0 Å². The van der Waals surface area contributed by atoms with Crippen molar-refractivity contribution in [2.75, 3.05) is 20.1 Å². The zero-order valence-corrected chi connectivity index (χ0v) is 11.4. The molecule has 1 fully saturated rings. The van der Waals surface area contributed by atoms with E-state index < -0.39 is 0 Å². The van der Waals surface area contributed by atoms with Crippen LogP contribution in [0.5, 0.6) is 0 Å². The third-order valence-corrected chi connectivity index (χ3v) is 3.66. The van der Waals surface area contributed by atoms with E-state index in [1.807, 2.05) is 6.07 Å². The number of carbonyl (C=O) groups is 1. The number of hydrogen-bond donors (Lipinski definition) is 1. The zero-order valence-electron chi connectivity index (χ0n) is 11.4. The smallest absolute Gasteiger partial charge is 0.222 e. The molecule has 0 bridgehead atoms. The summed E-state index contributed by atoms with van der Waals surface area (Å²) in [6, 6.07) is 6.42. The number of nitrogens with one attached hydrogen (secondary N) is 1. The predicted molar refractivity (Wildman–Crippen MR) is 73.1 cm³/mol. The normalized spacial score (nSPS) is 16.3. The Morgan fingerprint density at radius 2 is 2.16 bits per heavy atom. The Morgan fingerprint density at radius 3 is 2.84 bits per heavy atom. The molecule has 1 aromatic carbocycles. The van der Waals surface area contributed by atoms with Gasteiger partial charge in [0.25, 0.3) is 0 Å². The Kier molecular flexibility index (Phi) is 4.91. The molecule has 1 saturated heterocycles. The van der Waals surface area contributed by atoms with Crippen LogP contribution < -0.4 is 5.32 Å². The Hall–Kier alpha value is -1.42. The average molecular weight is 264 g/mol. The van der Waals surface area contributed by atoms with Crippen LogP contribution in [0.2, 0.25) is 0 Å². The van der Waals surface area contributed by atoms with Crippen LogP contribution in [-0.4, -0.2) is 30.9 Å². The molecule has 0 atom stereocenters. The Balaban J connectivity index is 1.84. The van der Waals surface area contributed by atoms with Crippen LogP contribution in [0.4, 0.5) is 4.39 Å². The summed E-state index contributed by atoms with van der Waals surface area (Å²) in [6.07, 6.45) is 2.74. The maximum absolute atomic E-state index is 13.1. The van der Waals surface area contributed by atoms with Gasteiger partial charge in [-0.2, -0.15) is 0 Å². The first-order valence-electron chi connectivity index (χ1n) is 6.84.